The molecule has 0 aliphatic heterocycles. The first-order valence-corrected chi connectivity index (χ1v) is 12.6. The van der Waals surface area contributed by atoms with E-state index in [0.29, 0.717) is 31.8 Å². The predicted octanol–water partition coefficient (Wildman–Crippen LogP) is 4.19. The Morgan fingerprint density at radius 1 is 1.05 bits per heavy atom. The molecule has 2 heterocycles. The molecule has 4 rings (SSSR count). The molecule has 196 valence electrons. The third kappa shape index (κ3) is 6.06. The lowest BCUT2D eigenvalue weighted by atomic mass is 9.99. The minimum atomic E-state index is -0.136. The molecule has 0 aliphatic rings. The standard InChI is InChI=1S/C28H36N6O3/c1-18(2)26(27-30-31-32-34(27)11-12-36-5)33(16-21-7-9-23(37-6)10-8-21)17-22-15-24-20(4)13-19(3)14-25(24)29-28(22)35/h7-10,13-15,18,26H,11-12,16-17H2,1-6H3,(H,29,35)/t26-/m1/s1. The van der Waals surface area contributed by atoms with Crippen LogP contribution in [0.25, 0.3) is 10.9 Å². The van der Waals surface area contributed by atoms with Crippen molar-refractivity contribution in [1.29, 1.82) is 0 Å². The van der Waals surface area contributed by atoms with Crippen LogP contribution < -0.4 is 10.3 Å². The SMILES string of the molecule is COCCn1nnnc1[C@@H](C(C)C)N(Cc1ccc(OC)cc1)Cc1cc2c(C)cc(C)cc2[nH]c1=O. The summed E-state index contributed by atoms with van der Waals surface area (Å²) in [7, 11) is 3.32. The number of aromatic amines is 1. The fourth-order valence-corrected chi connectivity index (χ4v) is 4.91. The van der Waals surface area contributed by atoms with Gasteiger partial charge in [0.25, 0.3) is 5.56 Å². The maximum absolute atomic E-state index is 13.3. The molecule has 0 radical (unpaired) electrons. The summed E-state index contributed by atoms with van der Waals surface area (Å²) in [5.41, 5.74) is 4.84. The highest BCUT2D eigenvalue weighted by atomic mass is 16.5. The van der Waals surface area contributed by atoms with Crippen LogP contribution in [-0.4, -0.2) is 50.9 Å². The van der Waals surface area contributed by atoms with E-state index >= 15 is 0 Å². The third-order valence-electron chi connectivity index (χ3n) is 6.66. The van der Waals surface area contributed by atoms with Gasteiger partial charge in [0.05, 0.1) is 26.3 Å². The zero-order valence-corrected chi connectivity index (χ0v) is 22.5. The van der Waals surface area contributed by atoms with Gasteiger partial charge >= 0.3 is 0 Å². The van der Waals surface area contributed by atoms with E-state index in [-0.39, 0.29) is 17.5 Å². The van der Waals surface area contributed by atoms with Gasteiger partial charge in [-0.2, -0.15) is 0 Å². The van der Waals surface area contributed by atoms with E-state index in [1.54, 1.807) is 18.9 Å². The number of hydrogen-bond donors (Lipinski definition) is 1. The molecule has 9 nitrogen and oxygen atoms in total. The molecule has 0 saturated carbocycles. The van der Waals surface area contributed by atoms with Gasteiger partial charge in [0.15, 0.2) is 5.82 Å². The summed E-state index contributed by atoms with van der Waals surface area (Å²) in [5, 5.41) is 13.7. The van der Waals surface area contributed by atoms with Crippen LogP contribution >= 0.6 is 0 Å². The molecule has 1 N–H and O–H groups in total. The van der Waals surface area contributed by atoms with E-state index in [9.17, 15) is 4.79 Å². The van der Waals surface area contributed by atoms with Crippen molar-refractivity contribution in [3.8, 4) is 5.75 Å². The Bertz CT molecular complexity index is 1390. The Hall–Kier alpha value is -3.56. The van der Waals surface area contributed by atoms with Crippen molar-refractivity contribution in [3.63, 3.8) is 0 Å². The van der Waals surface area contributed by atoms with Crippen molar-refractivity contribution in [2.45, 2.75) is 53.4 Å². The maximum atomic E-state index is 13.3. The van der Waals surface area contributed by atoms with Crippen LogP contribution in [0.2, 0.25) is 0 Å². The highest BCUT2D eigenvalue weighted by Gasteiger charge is 2.30. The number of methoxy groups -OCH3 is 2. The van der Waals surface area contributed by atoms with Crippen LogP contribution in [0.4, 0.5) is 0 Å². The van der Waals surface area contributed by atoms with E-state index in [1.165, 1.54) is 0 Å². The van der Waals surface area contributed by atoms with Gasteiger partial charge < -0.3 is 14.5 Å². The van der Waals surface area contributed by atoms with Crippen LogP contribution in [0.1, 0.15) is 48.0 Å². The fourth-order valence-electron chi connectivity index (χ4n) is 4.91. The predicted molar refractivity (Wildman–Crippen MR) is 144 cm³/mol. The van der Waals surface area contributed by atoms with Gasteiger partial charge in [-0.1, -0.05) is 32.0 Å². The molecule has 0 aliphatic carbocycles. The summed E-state index contributed by atoms with van der Waals surface area (Å²) in [4.78, 5) is 18.6. The number of tetrazole rings is 1. The van der Waals surface area contributed by atoms with Crippen molar-refractivity contribution < 1.29 is 9.47 Å². The van der Waals surface area contributed by atoms with Crippen LogP contribution in [0.3, 0.4) is 0 Å². The molecule has 2 aromatic carbocycles. The number of hydrogen-bond acceptors (Lipinski definition) is 7. The van der Waals surface area contributed by atoms with Crippen molar-refractivity contribution in [3.05, 3.63) is 80.9 Å². The monoisotopic (exact) mass is 504 g/mol. The number of fused-ring (bicyclic) bond motifs is 1. The summed E-state index contributed by atoms with van der Waals surface area (Å²) >= 11 is 0. The van der Waals surface area contributed by atoms with Gasteiger partial charge in [-0.25, -0.2) is 4.68 Å². The van der Waals surface area contributed by atoms with E-state index < -0.39 is 0 Å². The topological polar surface area (TPSA) is 98.2 Å². The lowest BCUT2D eigenvalue weighted by Gasteiger charge is -2.33. The quantitative estimate of drug-likeness (QED) is 0.327. The van der Waals surface area contributed by atoms with Gasteiger partial charge in [-0.15, -0.1) is 5.10 Å². The summed E-state index contributed by atoms with van der Waals surface area (Å²) < 4.78 is 12.4. The average Bonchev–Trinajstić information content (AvgIpc) is 3.31. The van der Waals surface area contributed by atoms with Crippen molar-refractivity contribution in [2.24, 2.45) is 5.92 Å². The molecule has 0 bridgehead atoms. The average molecular weight is 505 g/mol. The van der Waals surface area contributed by atoms with Crippen LogP contribution in [0, 0.1) is 19.8 Å². The van der Waals surface area contributed by atoms with E-state index in [2.05, 4.69) is 64.4 Å². The van der Waals surface area contributed by atoms with Gasteiger partial charge in [-0.3, -0.25) is 9.69 Å². The number of benzene rings is 2. The lowest BCUT2D eigenvalue weighted by Crippen LogP contribution is -2.35. The van der Waals surface area contributed by atoms with Crippen molar-refractivity contribution in [1.82, 2.24) is 30.1 Å². The highest BCUT2D eigenvalue weighted by molar-refractivity contribution is 5.83. The lowest BCUT2D eigenvalue weighted by molar-refractivity contribution is 0.121. The zero-order chi connectivity index (χ0) is 26.5. The Morgan fingerprint density at radius 2 is 1.81 bits per heavy atom. The molecule has 0 fully saturated rings. The number of nitrogens with one attached hydrogen (secondary N) is 1. The molecular weight excluding hydrogens is 468 g/mol. The van der Waals surface area contributed by atoms with Crippen LogP contribution in [0.5, 0.6) is 5.75 Å². The number of nitrogens with zero attached hydrogens (tertiary/aromatic N) is 5. The first-order chi connectivity index (χ1) is 17.8. The second kappa shape index (κ2) is 11.7. The Labute approximate surface area is 217 Å². The largest absolute Gasteiger partial charge is 0.497 e. The zero-order valence-electron chi connectivity index (χ0n) is 22.5. The molecule has 1 atom stereocenters. The fraction of sp³-hybridized carbons (Fsp3) is 0.429. The normalized spacial score (nSPS) is 12.5. The molecular formula is C28H36N6O3. The molecule has 0 amide bonds. The second-order valence-corrected chi connectivity index (χ2v) is 9.86. The molecule has 9 heteroatoms. The Balaban J connectivity index is 1.77. The number of aromatic nitrogens is 5. The molecule has 0 spiro atoms. The number of ether oxygens (including phenoxy) is 2. The first-order valence-electron chi connectivity index (χ1n) is 12.6. The molecule has 0 unspecified atom stereocenters. The van der Waals surface area contributed by atoms with Gasteiger partial charge in [-0.05, 0) is 71.1 Å². The summed E-state index contributed by atoms with van der Waals surface area (Å²) in [5.74, 6) is 1.73. The van der Waals surface area contributed by atoms with Gasteiger partial charge in [0, 0.05) is 36.7 Å². The summed E-state index contributed by atoms with van der Waals surface area (Å²) in [6, 6.07) is 14.1. The van der Waals surface area contributed by atoms with Gasteiger partial charge in [0.2, 0.25) is 0 Å². The summed E-state index contributed by atoms with van der Waals surface area (Å²) in [6.45, 7) is 10.5. The number of H-pyrrole nitrogens is 1. The molecule has 0 saturated heterocycles. The third-order valence-corrected chi connectivity index (χ3v) is 6.66. The smallest absolute Gasteiger partial charge is 0.252 e. The van der Waals surface area contributed by atoms with E-state index in [4.69, 9.17) is 9.47 Å². The molecule has 2 aromatic heterocycles. The number of rotatable bonds is 11. The highest BCUT2D eigenvalue weighted by Crippen LogP contribution is 2.31. The number of aryl methyl sites for hydroxylation is 2. The maximum Gasteiger partial charge on any atom is 0.252 e. The Kier molecular flexibility index (Phi) is 8.35. The van der Waals surface area contributed by atoms with E-state index in [0.717, 1.165) is 39.2 Å². The van der Waals surface area contributed by atoms with Crippen LogP contribution in [-0.2, 0) is 24.4 Å². The Morgan fingerprint density at radius 3 is 2.49 bits per heavy atom. The van der Waals surface area contributed by atoms with Gasteiger partial charge in [0.1, 0.15) is 5.75 Å². The minimum absolute atomic E-state index is 0.0845. The van der Waals surface area contributed by atoms with E-state index in [1.807, 2.05) is 31.2 Å². The molecule has 4 aromatic rings. The number of pyridine rings is 1. The van der Waals surface area contributed by atoms with Crippen LogP contribution in [0.15, 0.2) is 47.3 Å². The summed E-state index contributed by atoms with van der Waals surface area (Å²) in [6.07, 6.45) is 0. The first kappa shape index (κ1) is 26.5. The minimum Gasteiger partial charge on any atom is -0.497 e. The van der Waals surface area contributed by atoms with Crippen molar-refractivity contribution in [2.75, 3.05) is 20.8 Å². The van der Waals surface area contributed by atoms with Crippen molar-refractivity contribution >= 4 is 10.9 Å². The second-order valence-electron chi connectivity index (χ2n) is 9.86. The molecule has 37 heavy (non-hydrogen) atoms.